The number of carboxylic acid groups (broad SMARTS) is 2. The fraction of sp³-hybridized carbons (Fsp3) is 0.0930. The number of rotatable bonds is 15. The first-order valence-corrected chi connectivity index (χ1v) is 17.1. The van der Waals surface area contributed by atoms with Gasteiger partial charge in [0.25, 0.3) is 5.69 Å². The van der Waals surface area contributed by atoms with Crippen LogP contribution >= 0.6 is 0 Å². The van der Waals surface area contributed by atoms with Crippen LogP contribution in [0.2, 0.25) is 0 Å². The number of nitro benzene ring substituents is 1. The summed E-state index contributed by atoms with van der Waals surface area (Å²) < 4.78 is 17.3. The number of nitro groups is 1. The predicted molar refractivity (Wildman–Crippen MR) is 204 cm³/mol. The number of esters is 1. The van der Waals surface area contributed by atoms with Gasteiger partial charge >= 0.3 is 17.9 Å². The summed E-state index contributed by atoms with van der Waals surface area (Å²) in [4.78, 5) is 56.6. The van der Waals surface area contributed by atoms with E-state index in [0.717, 1.165) is 35.4 Å². The van der Waals surface area contributed by atoms with E-state index in [0.29, 0.717) is 34.3 Å². The number of hydrogen-bond donors (Lipinski definition) is 3. The third-order valence-corrected chi connectivity index (χ3v) is 8.84. The van der Waals surface area contributed by atoms with Crippen LogP contribution < -0.4 is 19.1 Å². The normalized spacial score (nSPS) is 11.0. The Bertz CT molecular complexity index is 2430. The highest BCUT2D eigenvalue weighted by Crippen LogP contribution is 2.35. The molecule has 0 unspecified atom stereocenters. The molecular formula is C43H33NO13. The molecule has 14 nitrogen and oxygen atoms in total. The summed E-state index contributed by atoms with van der Waals surface area (Å²) >= 11 is 0. The molecule has 0 amide bonds. The number of aromatic carboxylic acids is 2. The van der Waals surface area contributed by atoms with E-state index >= 15 is 0 Å². The number of non-ortho nitro benzene ring substituents is 1. The molecule has 57 heavy (non-hydrogen) atoms. The third-order valence-electron chi connectivity index (χ3n) is 8.84. The number of carbonyl (C=O) groups excluding carboxylic acids is 1. The van der Waals surface area contributed by atoms with Crippen LogP contribution in [0.4, 0.5) is 5.69 Å². The molecule has 0 spiro atoms. The maximum Gasteiger partial charge on any atom is 0.344 e. The van der Waals surface area contributed by atoms with E-state index in [1.807, 2.05) is 48.5 Å². The number of phenolic OH excluding ortho intramolecular Hbond substituents is 1. The van der Waals surface area contributed by atoms with Gasteiger partial charge in [-0.3, -0.25) is 10.1 Å². The Morgan fingerprint density at radius 3 is 1.56 bits per heavy atom. The second-order valence-corrected chi connectivity index (χ2v) is 13.0. The minimum Gasteiger partial charge on any atom is -0.508 e. The van der Waals surface area contributed by atoms with Crippen LogP contribution in [0.1, 0.15) is 61.6 Å². The van der Waals surface area contributed by atoms with Crippen molar-refractivity contribution in [3.63, 3.8) is 0 Å². The summed E-state index contributed by atoms with van der Waals surface area (Å²) in [5.74, 6) is -1.21. The van der Waals surface area contributed by atoms with E-state index in [-0.39, 0.29) is 29.1 Å². The van der Waals surface area contributed by atoms with Crippen LogP contribution in [-0.4, -0.2) is 38.2 Å². The van der Waals surface area contributed by atoms with Gasteiger partial charge in [0.15, 0.2) is 5.75 Å². The van der Waals surface area contributed by atoms with Crippen molar-refractivity contribution in [2.75, 3.05) is 0 Å². The zero-order chi connectivity index (χ0) is 40.7. The Morgan fingerprint density at radius 2 is 1.07 bits per heavy atom. The number of carboxylic acids is 2. The SMILES string of the molecule is CC(C)(c1ccc(Oc2ccc(OOCc3ccc(O)cc3C(=O)O)cc2)cc1)c1ccc(Oc2ccc(OC(=O)c3cc([N+](=O)[O-])ccc3C(=O)O)cc2)cc1. The van der Waals surface area contributed by atoms with Gasteiger partial charge in [-0.05, 0) is 108 Å². The van der Waals surface area contributed by atoms with Gasteiger partial charge in [0.2, 0.25) is 0 Å². The standard InChI is InChI=1S/C43H33NO13/c1-43(2,28-6-12-32(13-7-28)55-34-18-20-36(21-19-34)57-53-25-26-3-9-30(45)24-38(26)41(48)49)27-4-10-31(11-5-27)54-33-14-16-35(17-15-33)56-42(50)39-23-29(44(51)52)8-22-37(39)40(46)47/h3-24,45H,25H2,1-2H3,(H,46,47)(H,48,49). The number of aromatic hydroxyl groups is 1. The molecule has 14 heteroatoms. The smallest absolute Gasteiger partial charge is 0.344 e. The zero-order valence-electron chi connectivity index (χ0n) is 30.3. The molecule has 6 aromatic carbocycles. The summed E-state index contributed by atoms with van der Waals surface area (Å²) in [6, 6.07) is 34.8. The highest BCUT2D eigenvalue weighted by Gasteiger charge is 2.24. The lowest BCUT2D eigenvalue weighted by molar-refractivity contribution is -0.384. The molecule has 0 atom stereocenters. The van der Waals surface area contributed by atoms with Gasteiger partial charge in [-0.25, -0.2) is 14.4 Å². The number of benzene rings is 6. The average Bonchev–Trinajstić information content (AvgIpc) is 3.20. The molecule has 288 valence electrons. The summed E-state index contributed by atoms with van der Waals surface area (Å²) in [6.45, 7) is 4.04. The van der Waals surface area contributed by atoms with Gasteiger partial charge < -0.3 is 34.4 Å². The van der Waals surface area contributed by atoms with Crippen molar-refractivity contribution < 1.29 is 58.6 Å². The maximum absolute atomic E-state index is 12.7. The second kappa shape index (κ2) is 16.8. The lowest BCUT2D eigenvalue weighted by Gasteiger charge is -2.26. The Hall–Kier alpha value is -7.71. The topological polar surface area (TPSA) is 201 Å². The fourth-order valence-corrected chi connectivity index (χ4v) is 5.67. The van der Waals surface area contributed by atoms with Crippen LogP contribution in [-0.2, 0) is 16.9 Å². The number of nitrogens with zero attached hydrogens (tertiary/aromatic N) is 1. The summed E-state index contributed by atoms with van der Waals surface area (Å²) in [6.07, 6.45) is 0. The molecule has 6 rings (SSSR count). The lowest BCUT2D eigenvalue weighted by atomic mass is 9.78. The maximum atomic E-state index is 12.7. The minimum absolute atomic E-state index is 0.0840. The summed E-state index contributed by atoms with van der Waals surface area (Å²) in [7, 11) is 0. The largest absolute Gasteiger partial charge is 0.508 e. The van der Waals surface area contributed by atoms with E-state index in [9.17, 15) is 39.8 Å². The predicted octanol–water partition coefficient (Wildman–Crippen LogP) is 9.34. The molecule has 0 heterocycles. The molecule has 0 aliphatic carbocycles. The van der Waals surface area contributed by atoms with E-state index in [4.69, 9.17) is 24.0 Å². The molecule has 0 aromatic heterocycles. The molecule has 0 fully saturated rings. The number of hydrogen-bond acceptors (Lipinski definition) is 11. The van der Waals surface area contributed by atoms with Crippen LogP contribution in [0, 0.1) is 10.1 Å². The van der Waals surface area contributed by atoms with Crippen molar-refractivity contribution in [2.45, 2.75) is 25.9 Å². The van der Waals surface area contributed by atoms with Gasteiger partial charge in [-0.1, -0.05) is 44.2 Å². The highest BCUT2D eigenvalue weighted by atomic mass is 17.2. The Balaban J connectivity index is 1.01. The van der Waals surface area contributed by atoms with Crippen molar-refractivity contribution in [3.8, 4) is 40.2 Å². The molecule has 0 aliphatic heterocycles. The van der Waals surface area contributed by atoms with E-state index in [1.165, 1.54) is 24.3 Å². The Morgan fingerprint density at radius 1 is 0.596 bits per heavy atom. The lowest BCUT2D eigenvalue weighted by Crippen LogP contribution is -2.18. The van der Waals surface area contributed by atoms with Crippen LogP contribution in [0.15, 0.2) is 133 Å². The van der Waals surface area contributed by atoms with Gasteiger partial charge in [0, 0.05) is 17.5 Å². The molecule has 6 aromatic rings. The molecule has 0 bridgehead atoms. The number of phenols is 1. The quantitative estimate of drug-likeness (QED) is 0.0293. The van der Waals surface area contributed by atoms with Crippen LogP contribution in [0.5, 0.6) is 40.2 Å². The van der Waals surface area contributed by atoms with Gasteiger partial charge in [0.05, 0.1) is 21.6 Å². The van der Waals surface area contributed by atoms with Gasteiger partial charge in [0.1, 0.15) is 41.1 Å². The van der Waals surface area contributed by atoms with Gasteiger partial charge in [-0.2, -0.15) is 4.89 Å². The van der Waals surface area contributed by atoms with Crippen molar-refractivity contribution in [3.05, 3.63) is 177 Å². The van der Waals surface area contributed by atoms with E-state index < -0.39 is 39.6 Å². The second-order valence-electron chi connectivity index (χ2n) is 13.0. The first-order chi connectivity index (χ1) is 27.3. The first-order valence-electron chi connectivity index (χ1n) is 17.1. The Kier molecular flexibility index (Phi) is 11.5. The third kappa shape index (κ3) is 9.51. The van der Waals surface area contributed by atoms with Crippen LogP contribution in [0.3, 0.4) is 0 Å². The Labute approximate surface area is 324 Å². The molecule has 0 aliphatic rings. The molecule has 0 radical (unpaired) electrons. The molecular weight excluding hydrogens is 738 g/mol. The van der Waals surface area contributed by atoms with Crippen molar-refractivity contribution in [1.82, 2.24) is 0 Å². The summed E-state index contributed by atoms with van der Waals surface area (Å²) in [5, 5.41) is 39.4. The molecule has 0 saturated carbocycles. The van der Waals surface area contributed by atoms with Crippen molar-refractivity contribution in [2.24, 2.45) is 0 Å². The highest BCUT2D eigenvalue weighted by molar-refractivity contribution is 6.03. The van der Waals surface area contributed by atoms with E-state index in [2.05, 4.69) is 13.8 Å². The zero-order valence-corrected chi connectivity index (χ0v) is 30.3. The number of carbonyl (C=O) groups is 3. The van der Waals surface area contributed by atoms with Crippen LogP contribution in [0.25, 0.3) is 0 Å². The monoisotopic (exact) mass is 771 g/mol. The molecule has 0 saturated heterocycles. The van der Waals surface area contributed by atoms with Gasteiger partial charge in [-0.15, -0.1) is 0 Å². The fourth-order valence-electron chi connectivity index (χ4n) is 5.67. The summed E-state index contributed by atoms with van der Waals surface area (Å²) in [5.41, 5.74) is 0.616. The van der Waals surface area contributed by atoms with Crippen molar-refractivity contribution in [1.29, 1.82) is 0 Å². The van der Waals surface area contributed by atoms with E-state index in [1.54, 1.807) is 36.4 Å². The average molecular weight is 772 g/mol. The number of ether oxygens (including phenoxy) is 3. The molecule has 3 N–H and O–H groups in total. The minimum atomic E-state index is -1.43. The first kappa shape index (κ1) is 39.0. The van der Waals surface area contributed by atoms with Crippen molar-refractivity contribution >= 4 is 23.6 Å².